The van der Waals surface area contributed by atoms with Crippen molar-refractivity contribution in [2.75, 3.05) is 38.7 Å². The molecule has 0 saturated carbocycles. The zero-order chi connectivity index (χ0) is 22.7. The molecule has 3 N–H and O–H groups in total. The number of benzene rings is 2. The maximum Gasteiger partial charge on any atom is 0.163 e. The first-order valence-corrected chi connectivity index (χ1v) is 11.0. The number of anilines is 2. The van der Waals surface area contributed by atoms with Crippen molar-refractivity contribution in [3.8, 4) is 17.2 Å². The number of ether oxygens (including phenoxy) is 2. The molecule has 1 fully saturated rings. The molecule has 8 nitrogen and oxygen atoms in total. The third-order valence-corrected chi connectivity index (χ3v) is 5.94. The molecule has 0 bridgehead atoms. The number of aromatic hydroxyl groups is 1. The Morgan fingerprint density at radius 2 is 1.94 bits per heavy atom. The maximum absolute atomic E-state index is 14.3. The van der Waals surface area contributed by atoms with Crippen LogP contribution in [0.15, 0.2) is 35.1 Å². The molecule has 0 spiro atoms. The minimum atomic E-state index is -0.621. The summed E-state index contributed by atoms with van der Waals surface area (Å²) in [5.74, 6) is 0.559. The summed E-state index contributed by atoms with van der Waals surface area (Å²) >= 11 is 3.09. The van der Waals surface area contributed by atoms with Crippen molar-refractivity contribution in [1.29, 1.82) is 0 Å². The van der Waals surface area contributed by atoms with Crippen molar-refractivity contribution in [1.82, 2.24) is 14.9 Å². The molecule has 1 radical (unpaired) electrons. The van der Waals surface area contributed by atoms with Crippen molar-refractivity contribution in [3.63, 3.8) is 0 Å². The zero-order valence-corrected chi connectivity index (χ0v) is 24.4. The van der Waals surface area contributed by atoms with Gasteiger partial charge in [-0.2, -0.15) is 0 Å². The number of rotatable bonds is 8. The standard InChI is InChI=1S/C22H24BrFN4O4.Ac/c1-31-20-6-14-17(9-21(20)32-11-13(29)10-28-4-2-3-5-28)25-12-26-22(14)27-18-8-19(30)15(23)7-16(18)24;/h6-9,12-13,29-30H,2-5,10-11H2,1H3,(H,25,26,27);. The second-order valence-electron chi connectivity index (χ2n) is 7.62. The third kappa shape index (κ3) is 6.46. The Morgan fingerprint density at radius 1 is 1.18 bits per heavy atom. The third-order valence-electron chi connectivity index (χ3n) is 5.31. The summed E-state index contributed by atoms with van der Waals surface area (Å²) in [4.78, 5) is 10.7. The Hall–Kier alpha value is -1.25. The van der Waals surface area contributed by atoms with Crippen LogP contribution in [0.4, 0.5) is 15.9 Å². The average molecular weight is 734 g/mol. The molecular weight excluding hydrogens is 710 g/mol. The van der Waals surface area contributed by atoms with Gasteiger partial charge in [0.2, 0.25) is 0 Å². The molecule has 173 valence electrons. The summed E-state index contributed by atoms with van der Waals surface area (Å²) in [5, 5.41) is 23.7. The zero-order valence-electron chi connectivity index (χ0n) is 18.1. The van der Waals surface area contributed by atoms with Crippen LogP contribution in [0.2, 0.25) is 0 Å². The summed E-state index contributed by atoms with van der Waals surface area (Å²) in [6.07, 6.45) is 3.04. The molecule has 1 aliphatic heterocycles. The first-order valence-electron chi connectivity index (χ1n) is 10.3. The molecule has 3 aromatic rings. The largest absolute Gasteiger partial charge is 0.507 e. The van der Waals surface area contributed by atoms with Gasteiger partial charge in [0, 0.05) is 68.1 Å². The molecule has 1 saturated heterocycles. The first kappa shape index (κ1) is 26.4. The van der Waals surface area contributed by atoms with E-state index < -0.39 is 11.9 Å². The minimum absolute atomic E-state index is 0. The van der Waals surface area contributed by atoms with Crippen molar-refractivity contribution in [2.45, 2.75) is 18.9 Å². The number of nitrogens with zero attached hydrogens (tertiary/aromatic N) is 3. The van der Waals surface area contributed by atoms with Gasteiger partial charge in [0.25, 0.3) is 0 Å². The minimum Gasteiger partial charge on any atom is -0.507 e. The first-order chi connectivity index (χ1) is 15.4. The molecule has 1 atom stereocenters. The topological polar surface area (TPSA) is 100.0 Å². The van der Waals surface area contributed by atoms with Crippen molar-refractivity contribution < 1.29 is 68.1 Å². The van der Waals surface area contributed by atoms with Crippen LogP contribution in [0.25, 0.3) is 10.9 Å². The SMILES string of the molecule is COc1cc2c(Nc3cc(O)c(Br)cc3F)ncnc2cc1OCC(O)CN1CCCC1.[Ac]. The molecule has 4 rings (SSSR count). The number of hydrogen-bond donors (Lipinski definition) is 3. The Labute approximate surface area is 235 Å². The fourth-order valence-electron chi connectivity index (χ4n) is 3.70. The predicted molar refractivity (Wildman–Crippen MR) is 122 cm³/mol. The van der Waals surface area contributed by atoms with E-state index >= 15 is 0 Å². The number of aliphatic hydroxyl groups excluding tert-OH is 1. The van der Waals surface area contributed by atoms with E-state index in [1.54, 1.807) is 12.1 Å². The van der Waals surface area contributed by atoms with Crippen LogP contribution < -0.4 is 14.8 Å². The Balaban J connectivity index is 0.00000306. The van der Waals surface area contributed by atoms with Crippen molar-refractivity contribution in [2.24, 2.45) is 0 Å². The van der Waals surface area contributed by atoms with Gasteiger partial charge in [-0.25, -0.2) is 14.4 Å². The molecule has 33 heavy (non-hydrogen) atoms. The summed E-state index contributed by atoms with van der Waals surface area (Å²) in [5.41, 5.74) is 0.615. The van der Waals surface area contributed by atoms with Gasteiger partial charge in [-0.1, -0.05) is 0 Å². The van der Waals surface area contributed by atoms with Crippen LogP contribution in [0.5, 0.6) is 17.2 Å². The summed E-state index contributed by atoms with van der Waals surface area (Å²) < 4.78 is 25.9. The number of β-amino-alcohol motifs (C(OH)–C–C–N with tert-alkyl or cyclic N) is 1. The molecule has 1 aromatic heterocycles. The van der Waals surface area contributed by atoms with Crippen LogP contribution >= 0.6 is 15.9 Å². The Morgan fingerprint density at radius 3 is 2.67 bits per heavy atom. The van der Waals surface area contributed by atoms with Crippen molar-refractivity contribution >= 4 is 38.3 Å². The van der Waals surface area contributed by atoms with Crippen LogP contribution in [-0.4, -0.2) is 64.5 Å². The molecule has 2 aromatic carbocycles. The number of likely N-dealkylation sites (tertiary alicyclic amines) is 1. The van der Waals surface area contributed by atoms with Crippen LogP contribution in [0, 0.1) is 49.9 Å². The van der Waals surface area contributed by atoms with E-state index in [0.717, 1.165) is 25.9 Å². The number of aromatic nitrogens is 2. The van der Waals surface area contributed by atoms with Gasteiger partial charge in [0.1, 0.15) is 36.4 Å². The van der Waals surface area contributed by atoms with E-state index in [9.17, 15) is 14.6 Å². The average Bonchev–Trinajstić information content (AvgIpc) is 3.28. The molecule has 0 aliphatic carbocycles. The molecular formula is C22H24AcBrFN4O4. The molecule has 2 heterocycles. The summed E-state index contributed by atoms with van der Waals surface area (Å²) in [6, 6.07) is 5.82. The number of fused-ring (bicyclic) bond motifs is 1. The second-order valence-corrected chi connectivity index (χ2v) is 8.48. The summed E-state index contributed by atoms with van der Waals surface area (Å²) in [6.45, 7) is 2.69. The monoisotopic (exact) mass is 733 g/mol. The van der Waals surface area contributed by atoms with Crippen LogP contribution in [0.1, 0.15) is 12.8 Å². The molecule has 1 unspecified atom stereocenters. The Kier molecular flexibility index (Phi) is 9.53. The van der Waals surface area contributed by atoms with E-state index in [0.29, 0.717) is 34.8 Å². The Bertz CT molecular complexity index is 1120. The number of halogens is 2. The van der Waals surface area contributed by atoms with Gasteiger partial charge < -0.3 is 29.9 Å². The number of hydrogen-bond acceptors (Lipinski definition) is 8. The van der Waals surface area contributed by atoms with E-state index in [2.05, 4.69) is 36.1 Å². The van der Waals surface area contributed by atoms with Gasteiger partial charge in [-0.05, 0) is 54.0 Å². The maximum atomic E-state index is 14.3. The molecule has 1 aliphatic rings. The fourth-order valence-corrected chi connectivity index (χ4v) is 4.01. The second kappa shape index (κ2) is 11.9. The van der Waals surface area contributed by atoms with E-state index in [1.165, 1.54) is 25.6 Å². The number of phenols is 1. The van der Waals surface area contributed by atoms with Crippen molar-refractivity contribution in [3.05, 3.63) is 40.9 Å². The van der Waals surface area contributed by atoms with Gasteiger partial charge in [-0.3, -0.25) is 0 Å². The smallest absolute Gasteiger partial charge is 0.163 e. The molecule has 0 amide bonds. The van der Waals surface area contributed by atoms with E-state index in [1.807, 2.05) is 0 Å². The number of phenolic OH excluding ortho intramolecular Hbond substituents is 1. The predicted octanol–water partition coefficient (Wildman–Crippen LogP) is 3.82. The fraction of sp³-hybridized carbons (Fsp3) is 0.364. The number of aliphatic hydroxyl groups is 1. The van der Waals surface area contributed by atoms with Gasteiger partial charge >= 0.3 is 0 Å². The van der Waals surface area contributed by atoms with Gasteiger partial charge in [0.05, 0.1) is 22.8 Å². The van der Waals surface area contributed by atoms with Crippen LogP contribution in [0.3, 0.4) is 0 Å². The van der Waals surface area contributed by atoms with E-state index in [4.69, 9.17) is 9.47 Å². The summed E-state index contributed by atoms with van der Waals surface area (Å²) in [7, 11) is 1.51. The van der Waals surface area contributed by atoms with Gasteiger partial charge in [0.15, 0.2) is 11.5 Å². The normalized spacial score (nSPS) is 14.7. The molecule has 11 heteroatoms. The van der Waals surface area contributed by atoms with Crippen LogP contribution in [-0.2, 0) is 0 Å². The quantitative estimate of drug-likeness (QED) is 0.322. The van der Waals surface area contributed by atoms with E-state index in [-0.39, 0.29) is 66.6 Å². The number of methoxy groups -OCH3 is 1. The van der Waals surface area contributed by atoms with Gasteiger partial charge in [-0.15, -0.1) is 0 Å². The number of nitrogens with one attached hydrogen (secondary N) is 1.